The first kappa shape index (κ1) is 15.6. The van der Waals surface area contributed by atoms with Crippen LogP contribution in [0.4, 0.5) is 15.3 Å². The van der Waals surface area contributed by atoms with Crippen LogP contribution in [0, 0.1) is 17.0 Å². The molecule has 1 aromatic rings. The molecule has 1 aromatic carbocycles. The van der Waals surface area contributed by atoms with Crippen LogP contribution >= 0.6 is 11.6 Å². The molecule has 0 aromatic heterocycles. The molecule has 1 aliphatic heterocycles. The lowest BCUT2D eigenvalue weighted by molar-refractivity contribution is -0.384. The van der Waals surface area contributed by atoms with E-state index >= 15 is 0 Å². The molecule has 0 spiro atoms. The lowest BCUT2D eigenvalue weighted by Crippen LogP contribution is -2.27. The fraction of sp³-hybridized carbons (Fsp3) is 0.364. The number of nitro groups is 1. The Labute approximate surface area is 124 Å². The van der Waals surface area contributed by atoms with E-state index in [1.807, 2.05) is 0 Å². The summed E-state index contributed by atoms with van der Waals surface area (Å²) in [5, 5.41) is 9.15. The third-order valence-corrected chi connectivity index (χ3v) is 4.66. The van der Waals surface area contributed by atoms with E-state index in [0.717, 1.165) is 4.90 Å². The Morgan fingerprint density at radius 2 is 2.10 bits per heavy atom. The van der Waals surface area contributed by atoms with Crippen molar-refractivity contribution in [2.24, 2.45) is 0 Å². The number of hydrogen-bond acceptors (Lipinski definition) is 5. The highest BCUT2D eigenvalue weighted by Gasteiger charge is 2.39. The van der Waals surface area contributed by atoms with Gasteiger partial charge in [0.2, 0.25) is 5.91 Å². The quantitative estimate of drug-likeness (QED) is 0.477. The molecular weight excluding hydrogens is 327 g/mol. The van der Waals surface area contributed by atoms with E-state index in [4.69, 9.17) is 11.6 Å². The van der Waals surface area contributed by atoms with Gasteiger partial charge in [0.1, 0.15) is 10.3 Å². The molecule has 0 aliphatic carbocycles. The van der Waals surface area contributed by atoms with E-state index < -0.39 is 32.7 Å². The molecular formula is C11H10ClFN2O5S. The van der Waals surface area contributed by atoms with Gasteiger partial charge >= 0.3 is 10.2 Å². The van der Waals surface area contributed by atoms with Crippen molar-refractivity contribution < 1.29 is 22.0 Å². The Kier molecular flexibility index (Phi) is 3.89. The number of aryl methyl sites for hydroxylation is 1. The van der Waals surface area contributed by atoms with Gasteiger partial charge in [-0.2, -0.15) is 8.42 Å². The van der Waals surface area contributed by atoms with Crippen molar-refractivity contribution in [2.75, 3.05) is 11.4 Å². The van der Waals surface area contributed by atoms with Crippen LogP contribution in [0.3, 0.4) is 0 Å². The largest absolute Gasteiger partial charge is 0.311 e. The number of anilines is 1. The van der Waals surface area contributed by atoms with E-state index in [2.05, 4.69) is 0 Å². The van der Waals surface area contributed by atoms with Crippen molar-refractivity contribution in [1.82, 2.24) is 0 Å². The number of benzene rings is 1. The molecule has 2 rings (SSSR count). The SMILES string of the molecule is Cc1cc([N+](=O)[O-])c(Cl)cc1N1CC(S(=O)(=O)F)CC1=O. The molecule has 0 bridgehead atoms. The molecule has 21 heavy (non-hydrogen) atoms. The van der Waals surface area contributed by atoms with Gasteiger partial charge in [0, 0.05) is 24.7 Å². The fourth-order valence-corrected chi connectivity index (χ4v) is 3.08. The van der Waals surface area contributed by atoms with E-state index in [1.54, 1.807) is 0 Å². The van der Waals surface area contributed by atoms with Crippen molar-refractivity contribution in [3.05, 3.63) is 32.8 Å². The van der Waals surface area contributed by atoms with Crippen LogP contribution in [0.1, 0.15) is 12.0 Å². The molecule has 7 nitrogen and oxygen atoms in total. The summed E-state index contributed by atoms with van der Waals surface area (Å²) in [6.45, 7) is 1.18. The van der Waals surface area contributed by atoms with Crippen LogP contribution in [0.2, 0.25) is 5.02 Å². The molecule has 1 saturated heterocycles. The van der Waals surface area contributed by atoms with Gasteiger partial charge in [0.05, 0.1) is 4.92 Å². The highest BCUT2D eigenvalue weighted by Crippen LogP contribution is 2.35. The third-order valence-electron chi connectivity index (χ3n) is 3.24. The second kappa shape index (κ2) is 5.23. The number of hydrogen-bond donors (Lipinski definition) is 0. The minimum absolute atomic E-state index is 0.181. The molecule has 1 heterocycles. The maximum Gasteiger partial charge on any atom is 0.307 e. The number of carbonyl (C=O) groups is 1. The van der Waals surface area contributed by atoms with Crippen molar-refractivity contribution in [1.29, 1.82) is 0 Å². The first-order valence-corrected chi connectivity index (χ1v) is 7.62. The molecule has 1 amide bonds. The first-order valence-electron chi connectivity index (χ1n) is 5.79. The van der Waals surface area contributed by atoms with Crippen molar-refractivity contribution in [3.63, 3.8) is 0 Å². The summed E-state index contributed by atoms with van der Waals surface area (Å²) in [5.41, 5.74) is 0.289. The number of halogens is 2. The predicted octanol–water partition coefficient (Wildman–Crippen LogP) is 1.96. The summed E-state index contributed by atoms with van der Waals surface area (Å²) in [6, 6.07) is 2.39. The summed E-state index contributed by atoms with van der Waals surface area (Å²) in [7, 11) is -4.82. The van der Waals surface area contributed by atoms with Gasteiger partial charge < -0.3 is 4.90 Å². The van der Waals surface area contributed by atoms with Gasteiger partial charge in [-0.1, -0.05) is 11.6 Å². The zero-order chi connectivity index (χ0) is 15.9. The number of rotatable bonds is 3. The summed E-state index contributed by atoms with van der Waals surface area (Å²) in [6.07, 6.45) is -0.465. The van der Waals surface area contributed by atoms with Crippen molar-refractivity contribution in [2.45, 2.75) is 18.6 Å². The Bertz CT molecular complexity index is 736. The molecule has 0 N–H and O–H groups in total. The van der Waals surface area contributed by atoms with Crippen LogP contribution in [0.5, 0.6) is 0 Å². The average molecular weight is 337 g/mol. The normalized spacial score (nSPS) is 19.1. The van der Waals surface area contributed by atoms with Gasteiger partial charge in [0.25, 0.3) is 5.69 Å². The van der Waals surface area contributed by atoms with Crippen LogP contribution < -0.4 is 4.90 Å². The molecule has 1 fully saturated rings. The third kappa shape index (κ3) is 2.98. The fourth-order valence-electron chi connectivity index (χ4n) is 2.18. The second-order valence-corrected chi connectivity index (χ2v) is 6.68. The summed E-state index contributed by atoms with van der Waals surface area (Å²) in [4.78, 5) is 23.0. The highest BCUT2D eigenvalue weighted by atomic mass is 35.5. The average Bonchev–Trinajstić information content (AvgIpc) is 2.73. The van der Waals surface area contributed by atoms with E-state index in [0.29, 0.717) is 5.56 Å². The maximum absolute atomic E-state index is 13.0. The predicted molar refractivity (Wildman–Crippen MR) is 73.6 cm³/mol. The van der Waals surface area contributed by atoms with Crippen molar-refractivity contribution >= 4 is 39.1 Å². The summed E-state index contributed by atoms with van der Waals surface area (Å²) >= 11 is 5.78. The molecule has 1 atom stereocenters. The van der Waals surface area contributed by atoms with Gasteiger partial charge in [-0.05, 0) is 18.6 Å². The molecule has 0 radical (unpaired) electrons. The number of nitrogens with zero attached hydrogens (tertiary/aromatic N) is 2. The Morgan fingerprint density at radius 1 is 1.48 bits per heavy atom. The maximum atomic E-state index is 13.0. The van der Waals surface area contributed by atoms with Crippen LogP contribution in [0.25, 0.3) is 0 Å². The van der Waals surface area contributed by atoms with Gasteiger partial charge in [0.15, 0.2) is 0 Å². The van der Waals surface area contributed by atoms with Crippen LogP contribution in [0.15, 0.2) is 12.1 Å². The Balaban J connectivity index is 2.42. The molecule has 10 heteroatoms. The first-order chi connectivity index (χ1) is 9.61. The highest BCUT2D eigenvalue weighted by molar-refractivity contribution is 7.87. The smallest absolute Gasteiger partial charge is 0.307 e. The van der Waals surface area contributed by atoms with E-state index in [-0.39, 0.29) is 22.9 Å². The van der Waals surface area contributed by atoms with E-state index in [1.165, 1.54) is 19.1 Å². The number of amides is 1. The molecule has 114 valence electrons. The molecule has 1 aliphatic rings. The second-order valence-electron chi connectivity index (χ2n) is 4.65. The standard InChI is InChI=1S/C11H10ClFN2O5S/c1-6-2-10(15(17)18)8(12)4-9(6)14-5-7(3-11(14)16)21(13,19)20/h2,4,7H,3,5H2,1H3. The summed E-state index contributed by atoms with van der Waals surface area (Å²) in [5.74, 6) is -0.575. The van der Waals surface area contributed by atoms with Gasteiger partial charge in [-0.15, -0.1) is 3.89 Å². The molecule has 0 saturated carbocycles. The zero-order valence-corrected chi connectivity index (χ0v) is 12.3. The number of carbonyl (C=O) groups excluding carboxylic acids is 1. The lowest BCUT2D eigenvalue weighted by atomic mass is 10.1. The van der Waals surface area contributed by atoms with Gasteiger partial charge in [-0.3, -0.25) is 14.9 Å². The summed E-state index contributed by atoms with van der Waals surface area (Å²) < 4.78 is 34.8. The van der Waals surface area contributed by atoms with Gasteiger partial charge in [-0.25, -0.2) is 0 Å². The minimum atomic E-state index is -4.82. The van der Waals surface area contributed by atoms with Crippen LogP contribution in [-0.2, 0) is 15.0 Å². The van der Waals surface area contributed by atoms with Crippen LogP contribution in [-0.4, -0.2) is 31.0 Å². The van der Waals surface area contributed by atoms with Crippen molar-refractivity contribution in [3.8, 4) is 0 Å². The number of nitro benzene ring substituents is 1. The lowest BCUT2D eigenvalue weighted by Gasteiger charge is -2.18. The van der Waals surface area contributed by atoms with E-state index in [9.17, 15) is 27.2 Å². The Hall–Kier alpha value is -1.74. The monoisotopic (exact) mass is 336 g/mol. The Morgan fingerprint density at radius 3 is 2.57 bits per heavy atom. The molecule has 1 unspecified atom stereocenters. The minimum Gasteiger partial charge on any atom is -0.311 e. The zero-order valence-electron chi connectivity index (χ0n) is 10.7. The topological polar surface area (TPSA) is 97.6 Å².